The van der Waals surface area contributed by atoms with Gasteiger partial charge in [-0.15, -0.1) is 0 Å². The molecule has 2 unspecified atom stereocenters. The van der Waals surface area contributed by atoms with E-state index in [4.69, 9.17) is 4.99 Å². The summed E-state index contributed by atoms with van der Waals surface area (Å²) in [4.78, 5) is 9.90. The zero-order valence-corrected chi connectivity index (χ0v) is 16.2. The van der Waals surface area contributed by atoms with E-state index in [2.05, 4.69) is 62.0 Å². The first-order chi connectivity index (χ1) is 11.0. The topological polar surface area (TPSA) is 42.9 Å². The van der Waals surface area contributed by atoms with Gasteiger partial charge < -0.3 is 20.4 Å². The van der Waals surface area contributed by atoms with Crippen LogP contribution >= 0.6 is 0 Å². The van der Waals surface area contributed by atoms with Crippen LogP contribution in [0.1, 0.15) is 41.5 Å². The molecule has 5 nitrogen and oxygen atoms in total. The molecular weight excluding hydrogens is 286 g/mol. The zero-order chi connectivity index (χ0) is 17.2. The summed E-state index contributed by atoms with van der Waals surface area (Å²) in [6, 6.07) is 0.435. The van der Waals surface area contributed by atoms with Gasteiger partial charge in [0.05, 0.1) is 0 Å². The molecule has 2 atom stereocenters. The number of likely N-dealkylation sites (N-methyl/N-ethyl adjacent to an activating group) is 1. The fraction of sp³-hybridized carbons (Fsp3) is 0.944. The van der Waals surface area contributed by atoms with Gasteiger partial charge in [0.25, 0.3) is 0 Å². The average Bonchev–Trinajstić information content (AvgIpc) is 2.53. The van der Waals surface area contributed by atoms with Crippen LogP contribution in [0.3, 0.4) is 0 Å². The van der Waals surface area contributed by atoms with Crippen LogP contribution in [0.2, 0.25) is 0 Å². The van der Waals surface area contributed by atoms with Crippen molar-refractivity contribution in [3.63, 3.8) is 0 Å². The standard InChI is InChI=1S/C18H39N5/c1-7-19-18(21-17(6)15(3)4)20-13-16(5)14-23-11-9-22(8-2)10-12-23/h15-17H,7-14H2,1-6H3,(H2,19,20,21). The fourth-order valence-corrected chi connectivity index (χ4v) is 2.74. The molecule has 0 amide bonds. The molecule has 1 fully saturated rings. The predicted octanol–water partition coefficient (Wildman–Crippen LogP) is 1.86. The molecule has 136 valence electrons. The van der Waals surface area contributed by atoms with Crippen LogP contribution in [0.25, 0.3) is 0 Å². The van der Waals surface area contributed by atoms with Crippen molar-refractivity contribution in [3.8, 4) is 0 Å². The molecule has 5 heteroatoms. The van der Waals surface area contributed by atoms with Gasteiger partial charge in [-0.1, -0.05) is 27.7 Å². The van der Waals surface area contributed by atoms with Gasteiger partial charge in [-0.3, -0.25) is 4.99 Å². The second-order valence-electron chi connectivity index (χ2n) is 7.24. The normalized spacial score (nSPS) is 20.6. The van der Waals surface area contributed by atoms with E-state index in [0.29, 0.717) is 17.9 Å². The van der Waals surface area contributed by atoms with E-state index in [1.54, 1.807) is 0 Å². The van der Waals surface area contributed by atoms with Gasteiger partial charge >= 0.3 is 0 Å². The van der Waals surface area contributed by atoms with Crippen molar-refractivity contribution in [3.05, 3.63) is 0 Å². The minimum Gasteiger partial charge on any atom is -0.357 e. The van der Waals surface area contributed by atoms with E-state index >= 15 is 0 Å². The lowest BCUT2D eigenvalue weighted by molar-refractivity contribution is 0.125. The lowest BCUT2D eigenvalue weighted by Crippen LogP contribution is -2.47. The van der Waals surface area contributed by atoms with Crippen LogP contribution in [0.15, 0.2) is 4.99 Å². The quantitative estimate of drug-likeness (QED) is 0.528. The number of piperazine rings is 1. The minimum absolute atomic E-state index is 0.435. The number of aliphatic imine (C=N–C) groups is 1. The van der Waals surface area contributed by atoms with Gasteiger partial charge in [-0.2, -0.15) is 0 Å². The second-order valence-corrected chi connectivity index (χ2v) is 7.24. The molecule has 1 rings (SSSR count). The van der Waals surface area contributed by atoms with Crippen molar-refractivity contribution in [2.24, 2.45) is 16.8 Å². The van der Waals surface area contributed by atoms with Gasteiger partial charge in [0.1, 0.15) is 0 Å². The highest BCUT2D eigenvalue weighted by Crippen LogP contribution is 2.06. The molecule has 1 heterocycles. The molecule has 0 aromatic heterocycles. The molecule has 0 saturated carbocycles. The lowest BCUT2D eigenvalue weighted by Gasteiger charge is -2.35. The fourth-order valence-electron chi connectivity index (χ4n) is 2.74. The highest BCUT2D eigenvalue weighted by molar-refractivity contribution is 5.80. The summed E-state index contributed by atoms with van der Waals surface area (Å²) in [6.45, 7) is 22.3. The number of nitrogens with one attached hydrogen (secondary N) is 2. The molecule has 0 radical (unpaired) electrons. The molecule has 0 aliphatic carbocycles. The summed E-state index contributed by atoms with van der Waals surface area (Å²) in [7, 11) is 0. The minimum atomic E-state index is 0.435. The van der Waals surface area contributed by atoms with Gasteiger partial charge in [-0.25, -0.2) is 0 Å². The first-order valence-electron chi connectivity index (χ1n) is 9.45. The molecule has 0 aromatic carbocycles. The third kappa shape index (κ3) is 8.02. The van der Waals surface area contributed by atoms with E-state index in [1.165, 1.54) is 32.7 Å². The van der Waals surface area contributed by atoms with Crippen molar-refractivity contribution in [1.82, 2.24) is 20.4 Å². The van der Waals surface area contributed by atoms with Gasteiger partial charge in [0.15, 0.2) is 5.96 Å². The molecule has 0 bridgehead atoms. The number of rotatable bonds is 8. The van der Waals surface area contributed by atoms with Gasteiger partial charge in [0.2, 0.25) is 0 Å². The summed E-state index contributed by atoms with van der Waals surface area (Å²) >= 11 is 0. The Labute approximate surface area is 143 Å². The number of nitrogens with zero attached hydrogens (tertiary/aromatic N) is 3. The smallest absolute Gasteiger partial charge is 0.191 e. The number of hydrogen-bond acceptors (Lipinski definition) is 3. The molecular formula is C18H39N5. The molecule has 0 spiro atoms. The summed E-state index contributed by atoms with van der Waals surface area (Å²) in [5.74, 6) is 2.15. The lowest BCUT2D eigenvalue weighted by atomic mass is 10.1. The van der Waals surface area contributed by atoms with Crippen LogP contribution < -0.4 is 10.6 Å². The molecule has 1 saturated heterocycles. The molecule has 1 aliphatic heterocycles. The summed E-state index contributed by atoms with van der Waals surface area (Å²) in [6.07, 6.45) is 0. The number of hydrogen-bond donors (Lipinski definition) is 2. The summed E-state index contributed by atoms with van der Waals surface area (Å²) in [5, 5.41) is 6.87. The second kappa shape index (κ2) is 10.9. The molecule has 2 N–H and O–H groups in total. The van der Waals surface area contributed by atoms with Crippen LogP contribution in [0.4, 0.5) is 0 Å². The SMILES string of the molecule is CCNC(=NCC(C)CN1CCN(CC)CC1)NC(C)C(C)C. The van der Waals surface area contributed by atoms with Crippen molar-refractivity contribution < 1.29 is 0 Å². The molecule has 1 aliphatic rings. The Morgan fingerprint density at radius 3 is 2.13 bits per heavy atom. The molecule has 0 aromatic rings. The molecule has 23 heavy (non-hydrogen) atoms. The summed E-state index contributed by atoms with van der Waals surface area (Å²) < 4.78 is 0. The van der Waals surface area contributed by atoms with E-state index in [1.807, 2.05) is 0 Å². The zero-order valence-electron chi connectivity index (χ0n) is 16.2. The number of guanidine groups is 1. The van der Waals surface area contributed by atoms with Crippen molar-refractivity contribution in [1.29, 1.82) is 0 Å². The highest BCUT2D eigenvalue weighted by Gasteiger charge is 2.17. The third-order valence-corrected chi connectivity index (χ3v) is 4.75. The van der Waals surface area contributed by atoms with Crippen LogP contribution in [0.5, 0.6) is 0 Å². The largest absolute Gasteiger partial charge is 0.357 e. The third-order valence-electron chi connectivity index (χ3n) is 4.75. The summed E-state index contributed by atoms with van der Waals surface area (Å²) in [5.41, 5.74) is 0. The Kier molecular flexibility index (Phi) is 9.56. The Morgan fingerprint density at radius 1 is 1.00 bits per heavy atom. The van der Waals surface area contributed by atoms with Crippen molar-refractivity contribution >= 4 is 5.96 Å². The van der Waals surface area contributed by atoms with Crippen LogP contribution in [-0.4, -0.2) is 74.2 Å². The van der Waals surface area contributed by atoms with E-state index in [9.17, 15) is 0 Å². The van der Waals surface area contributed by atoms with Gasteiger partial charge in [0, 0.05) is 51.9 Å². The monoisotopic (exact) mass is 325 g/mol. The van der Waals surface area contributed by atoms with Crippen LogP contribution in [-0.2, 0) is 0 Å². The average molecular weight is 326 g/mol. The van der Waals surface area contributed by atoms with Gasteiger partial charge in [-0.05, 0) is 32.2 Å². The maximum Gasteiger partial charge on any atom is 0.191 e. The van der Waals surface area contributed by atoms with E-state index in [-0.39, 0.29) is 0 Å². The van der Waals surface area contributed by atoms with E-state index in [0.717, 1.165) is 25.6 Å². The first kappa shape index (κ1) is 20.2. The van der Waals surface area contributed by atoms with E-state index < -0.39 is 0 Å². The Bertz CT molecular complexity index is 334. The Balaban J connectivity index is 2.39. The predicted molar refractivity (Wildman–Crippen MR) is 101 cm³/mol. The Morgan fingerprint density at radius 2 is 1.61 bits per heavy atom. The van der Waals surface area contributed by atoms with Crippen LogP contribution in [0, 0.1) is 11.8 Å². The first-order valence-corrected chi connectivity index (χ1v) is 9.45. The highest BCUT2D eigenvalue weighted by atomic mass is 15.3. The maximum atomic E-state index is 4.79. The Hall–Kier alpha value is -0.810. The van der Waals surface area contributed by atoms with Crippen molar-refractivity contribution in [2.75, 3.05) is 52.4 Å². The maximum absolute atomic E-state index is 4.79. The van der Waals surface area contributed by atoms with Crippen molar-refractivity contribution in [2.45, 2.75) is 47.6 Å².